The minimum atomic E-state index is -0.143. The lowest BCUT2D eigenvalue weighted by atomic mass is 9.74. The van der Waals surface area contributed by atoms with E-state index in [0.717, 1.165) is 22.6 Å². The maximum absolute atomic E-state index is 2.46. The van der Waals surface area contributed by atoms with Gasteiger partial charge in [0, 0.05) is 28.4 Å². The van der Waals surface area contributed by atoms with Crippen LogP contribution in [0.5, 0.6) is 0 Å². The summed E-state index contributed by atoms with van der Waals surface area (Å²) in [6.45, 7) is 11.5. The fourth-order valence-electron chi connectivity index (χ4n) is 12.7. The molecule has 0 amide bonds. The van der Waals surface area contributed by atoms with Gasteiger partial charge in [-0.05, 0) is 179 Å². The van der Waals surface area contributed by atoms with Crippen molar-refractivity contribution < 1.29 is 0 Å². The summed E-state index contributed by atoms with van der Waals surface area (Å²) in [5.41, 5.74) is 26.0. The lowest BCUT2D eigenvalue weighted by Crippen LogP contribution is -2.16. The van der Waals surface area contributed by atoms with Gasteiger partial charge in [0.1, 0.15) is 0 Å². The number of fused-ring (bicyclic) bond motifs is 6. The molecule has 12 aromatic carbocycles. The summed E-state index contributed by atoms with van der Waals surface area (Å²) in [5.74, 6) is -0.129. The topological polar surface area (TPSA) is 3.24 Å². The normalized spacial score (nSPS) is 12.5. The smallest absolute Gasteiger partial charge is 0.0468 e. The van der Waals surface area contributed by atoms with Gasteiger partial charge in [0.15, 0.2) is 0 Å². The van der Waals surface area contributed by atoms with Crippen molar-refractivity contribution in [3.63, 3.8) is 0 Å². The Morgan fingerprint density at radius 1 is 0.303 bits per heavy atom. The highest BCUT2D eigenvalue weighted by Crippen LogP contribution is 2.52. The van der Waals surface area contributed by atoms with Crippen LogP contribution in [0.25, 0.3) is 77.2 Å². The number of hydrogen-bond donors (Lipinski definition) is 0. The molecule has 0 aliphatic heterocycles. The second kappa shape index (κ2) is 19.0. The monoisotopic (exact) mass is 973 g/mol. The quantitative estimate of drug-likeness (QED) is 0.0975. The Kier molecular flexibility index (Phi) is 11.7. The van der Waals surface area contributed by atoms with Crippen LogP contribution < -0.4 is 4.90 Å². The molecule has 0 saturated heterocycles. The molecular weight excluding hydrogens is 915 g/mol. The molecule has 12 aromatic rings. The molecular formula is C75H59N. The van der Waals surface area contributed by atoms with Crippen LogP contribution in [-0.4, -0.2) is 0 Å². The summed E-state index contributed by atoms with van der Waals surface area (Å²) >= 11 is 0. The van der Waals surface area contributed by atoms with Crippen LogP contribution >= 0.6 is 0 Å². The van der Waals surface area contributed by atoms with Crippen molar-refractivity contribution in [1.29, 1.82) is 0 Å². The molecule has 76 heavy (non-hydrogen) atoms. The van der Waals surface area contributed by atoms with Crippen molar-refractivity contribution >= 4 is 38.6 Å². The SMILES string of the molecule is Cc1ccccc1-c1ccccc1C(c1ccccc1-c1ccccc1C)c1cccc(-c2ccc(N(c3ccc4c(c3)C(C)(C)c3ccccc3-4)c3ccc4c(ccc5ccccc54)c3)cc2)c1-c1ccccc1C. The summed E-state index contributed by atoms with van der Waals surface area (Å²) in [6.07, 6.45) is 0. The number of hydrogen-bond acceptors (Lipinski definition) is 1. The standard InChI is InChI=1S/C75H59N/c1-49-21-6-10-25-58(49)64-29-14-16-32-68(64)74(69-33-17-15-30-65(69)59-26-11-7-22-50(59)2)70-35-20-34-63(73(70)60-27-12-8-23-51(60)3)53-39-41-55(42-40-53)76(56-43-45-62-54(47-56)38-37-52-24-9-13-28-61(52)62)57-44-46-67-66-31-18-19-36-71(66)75(4,5)72(67)48-57/h6-48,74H,1-5H3. The fraction of sp³-hybridized carbons (Fsp3) is 0.0933. The highest BCUT2D eigenvalue weighted by atomic mass is 15.1. The minimum Gasteiger partial charge on any atom is -0.310 e. The van der Waals surface area contributed by atoms with E-state index in [0.29, 0.717) is 0 Å². The first-order valence-electron chi connectivity index (χ1n) is 26.8. The molecule has 364 valence electrons. The Balaban J connectivity index is 1.01. The van der Waals surface area contributed by atoms with Crippen molar-refractivity contribution in [3.05, 3.63) is 305 Å². The van der Waals surface area contributed by atoms with Gasteiger partial charge in [0.2, 0.25) is 0 Å². The van der Waals surface area contributed by atoms with Gasteiger partial charge < -0.3 is 4.90 Å². The van der Waals surface area contributed by atoms with Gasteiger partial charge in [-0.1, -0.05) is 238 Å². The Labute approximate surface area is 448 Å². The number of anilines is 3. The van der Waals surface area contributed by atoms with Crippen molar-refractivity contribution in [2.45, 2.75) is 46.0 Å². The van der Waals surface area contributed by atoms with Crippen molar-refractivity contribution in [1.82, 2.24) is 0 Å². The molecule has 0 atom stereocenters. The van der Waals surface area contributed by atoms with Gasteiger partial charge in [0.25, 0.3) is 0 Å². The lowest BCUT2D eigenvalue weighted by molar-refractivity contribution is 0.660. The third-order valence-electron chi connectivity index (χ3n) is 16.5. The zero-order valence-electron chi connectivity index (χ0n) is 43.9. The zero-order valence-corrected chi connectivity index (χ0v) is 43.9. The summed E-state index contributed by atoms with van der Waals surface area (Å²) in [4.78, 5) is 2.46. The van der Waals surface area contributed by atoms with E-state index in [-0.39, 0.29) is 11.3 Å². The fourth-order valence-corrected chi connectivity index (χ4v) is 12.7. The number of nitrogens with zero attached hydrogens (tertiary/aromatic N) is 1. The van der Waals surface area contributed by atoms with Crippen LogP contribution in [0.2, 0.25) is 0 Å². The first-order valence-corrected chi connectivity index (χ1v) is 26.8. The molecule has 1 nitrogen and oxygen atoms in total. The molecule has 1 aliphatic rings. The van der Waals surface area contributed by atoms with Crippen LogP contribution in [0, 0.1) is 20.8 Å². The second-order valence-electron chi connectivity index (χ2n) is 21.3. The Hall–Kier alpha value is -9.04. The maximum Gasteiger partial charge on any atom is 0.0468 e. The maximum atomic E-state index is 2.46. The molecule has 0 radical (unpaired) electrons. The molecule has 0 unspecified atom stereocenters. The summed E-state index contributed by atoms with van der Waals surface area (Å²) in [6, 6.07) is 97.5. The van der Waals surface area contributed by atoms with Gasteiger partial charge in [-0.3, -0.25) is 0 Å². The van der Waals surface area contributed by atoms with E-state index < -0.39 is 0 Å². The number of rotatable bonds is 10. The molecule has 13 rings (SSSR count). The van der Waals surface area contributed by atoms with Crippen molar-refractivity contribution in [2.24, 2.45) is 0 Å². The van der Waals surface area contributed by atoms with E-state index in [2.05, 4.69) is 300 Å². The van der Waals surface area contributed by atoms with Crippen molar-refractivity contribution in [2.75, 3.05) is 4.90 Å². The van der Waals surface area contributed by atoms with Crippen LogP contribution in [0.15, 0.2) is 261 Å². The van der Waals surface area contributed by atoms with Gasteiger partial charge in [-0.25, -0.2) is 0 Å². The van der Waals surface area contributed by atoms with E-state index in [1.807, 2.05) is 0 Å². The summed E-state index contributed by atoms with van der Waals surface area (Å²) < 4.78 is 0. The van der Waals surface area contributed by atoms with Crippen LogP contribution in [0.4, 0.5) is 17.1 Å². The van der Waals surface area contributed by atoms with E-state index in [1.165, 1.54) is 116 Å². The molecule has 0 spiro atoms. The molecule has 0 saturated carbocycles. The van der Waals surface area contributed by atoms with Gasteiger partial charge in [-0.15, -0.1) is 0 Å². The average molecular weight is 974 g/mol. The molecule has 0 N–H and O–H groups in total. The van der Waals surface area contributed by atoms with Gasteiger partial charge in [0.05, 0.1) is 0 Å². The Morgan fingerprint density at radius 3 is 1.42 bits per heavy atom. The molecule has 1 heteroatoms. The summed E-state index contributed by atoms with van der Waals surface area (Å²) in [7, 11) is 0. The highest BCUT2D eigenvalue weighted by Gasteiger charge is 2.36. The van der Waals surface area contributed by atoms with Crippen LogP contribution in [-0.2, 0) is 5.41 Å². The predicted octanol–water partition coefficient (Wildman–Crippen LogP) is 20.5. The third-order valence-corrected chi connectivity index (χ3v) is 16.5. The van der Waals surface area contributed by atoms with E-state index in [1.54, 1.807) is 0 Å². The zero-order chi connectivity index (χ0) is 51.5. The van der Waals surface area contributed by atoms with E-state index >= 15 is 0 Å². The van der Waals surface area contributed by atoms with E-state index in [4.69, 9.17) is 0 Å². The van der Waals surface area contributed by atoms with Crippen molar-refractivity contribution in [3.8, 4) is 55.6 Å². The summed E-state index contributed by atoms with van der Waals surface area (Å²) in [5, 5.41) is 4.99. The highest BCUT2D eigenvalue weighted by molar-refractivity contribution is 6.08. The molecule has 0 bridgehead atoms. The first kappa shape index (κ1) is 46.7. The van der Waals surface area contributed by atoms with E-state index in [9.17, 15) is 0 Å². The van der Waals surface area contributed by atoms with Crippen LogP contribution in [0.3, 0.4) is 0 Å². The second-order valence-corrected chi connectivity index (χ2v) is 21.3. The minimum absolute atomic E-state index is 0.129. The largest absolute Gasteiger partial charge is 0.310 e. The molecule has 0 aromatic heterocycles. The molecule has 0 fully saturated rings. The molecule has 0 heterocycles. The van der Waals surface area contributed by atoms with Crippen LogP contribution in [0.1, 0.15) is 64.3 Å². The number of aryl methyl sites for hydroxylation is 3. The lowest BCUT2D eigenvalue weighted by Gasteiger charge is -2.29. The Bertz CT molecular complexity index is 4100. The van der Waals surface area contributed by atoms with Gasteiger partial charge >= 0.3 is 0 Å². The van der Waals surface area contributed by atoms with Gasteiger partial charge in [-0.2, -0.15) is 0 Å². The first-order chi connectivity index (χ1) is 37.2. The third kappa shape index (κ3) is 7.94. The average Bonchev–Trinajstić information content (AvgIpc) is 3.82. The predicted molar refractivity (Wildman–Crippen MR) is 323 cm³/mol. The Morgan fingerprint density at radius 2 is 0.763 bits per heavy atom. The molecule has 1 aliphatic carbocycles. The number of benzene rings is 12.